The van der Waals surface area contributed by atoms with E-state index in [4.69, 9.17) is 29.0 Å². The molecule has 7 N–H and O–H groups in total. The molecule has 0 bridgehead atoms. The van der Waals surface area contributed by atoms with Gasteiger partial charge in [-0.15, -0.1) is 0 Å². The molecule has 0 amide bonds. The first-order chi connectivity index (χ1) is 37.5. The number of phosphoric acid groups is 2. The largest absolute Gasteiger partial charge is 0.481 e. The molecule has 0 spiro atoms. The van der Waals surface area contributed by atoms with Crippen molar-refractivity contribution in [2.24, 2.45) is 5.92 Å². The van der Waals surface area contributed by atoms with Crippen LogP contribution >= 0.6 is 15.6 Å². The van der Waals surface area contributed by atoms with Crippen molar-refractivity contribution in [1.29, 1.82) is 0 Å². The van der Waals surface area contributed by atoms with Crippen molar-refractivity contribution in [3.05, 3.63) is 83.5 Å². The van der Waals surface area contributed by atoms with Crippen LogP contribution in [0.3, 0.4) is 0 Å². The lowest BCUT2D eigenvalue weighted by Crippen LogP contribution is -2.36. The SMILES string of the molecule is CCC(C)CCCCCCCCCCCCCCCCCCCCC(=O)O[C@H](COC(=O)CCC/C=C\C/C=C\C/C=C\C/C=C\C=C\[C@@H](O)CC)COP(=O)(O)OP(=O)(O)OC[C@H]1O[C@@H](n2ccc(N)nc2=O)[C@H](O)[C@@H]1O. The number of aromatic nitrogens is 2. The zero-order chi connectivity index (χ0) is 57.3. The lowest BCUT2D eigenvalue weighted by molar-refractivity contribution is -0.161. The molecule has 19 nitrogen and oxygen atoms in total. The van der Waals surface area contributed by atoms with E-state index < -0.39 is 89.8 Å². The molecule has 1 aliphatic heterocycles. The molecular weight excluding hydrogens is 1040 g/mol. The summed E-state index contributed by atoms with van der Waals surface area (Å²) in [5, 5.41) is 30.5. The van der Waals surface area contributed by atoms with E-state index in [9.17, 15) is 48.6 Å². The normalized spacial score (nSPS) is 19.8. The van der Waals surface area contributed by atoms with Gasteiger partial charge in [-0.25, -0.2) is 13.9 Å². The van der Waals surface area contributed by atoms with E-state index in [2.05, 4.69) is 41.4 Å². The van der Waals surface area contributed by atoms with Gasteiger partial charge in [0.1, 0.15) is 30.7 Å². The third kappa shape index (κ3) is 35.2. The van der Waals surface area contributed by atoms with Crippen LogP contribution in [0.1, 0.15) is 207 Å². The average Bonchev–Trinajstić information content (AvgIpc) is 3.75. The molecule has 0 saturated carbocycles. The Hall–Kier alpha value is -3.58. The first-order valence-corrected chi connectivity index (χ1v) is 31.8. The molecule has 1 aromatic rings. The van der Waals surface area contributed by atoms with Crippen molar-refractivity contribution >= 4 is 33.4 Å². The Labute approximate surface area is 465 Å². The summed E-state index contributed by atoms with van der Waals surface area (Å²) in [6, 6.07) is 1.24. The molecule has 446 valence electrons. The smallest absolute Gasteiger partial charge is 0.462 e. The molecule has 1 saturated heterocycles. The predicted molar refractivity (Wildman–Crippen MR) is 304 cm³/mol. The number of nitrogen functional groups attached to an aromatic ring is 1. The Bertz CT molecular complexity index is 2080. The van der Waals surface area contributed by atoms with Crippen molar-refractivity contribution in [2.45, 2.75) is 237 Å². The molecule has 78 heavy (non-hydrogen) atoms. The third-order valence-corrected chi connectivity index (χ3v) is 15.9. The molecule has 2 rings (SSSR count). The highest BCUT2D eigenvalue weighted by Crippen LogP contribution is 2.60. The minimum absolute atomic E-state index is 0.0318. The van der Waals surface area contributed by atoms with Crippen LogP contribution in [0.5, 0.6) is 0 Å². The van der Waals surface area contributed by atoms with Crippen LogP contribution in [0.15, 0.2) is 77.8 Å². The van der Waals surface area contributed by atoms with E-state index in [0.29, 0.717) is 25.7 Å². The summed E-state index contributed by atoms with van der Waals surface area (Å²) < 4.78 is 56.9. The van der Waals surface area contributed by atoms with Crippen LogP contribution < -0.4 is 11.4 Å². The van der Waals surface area contributed by atoms with Gasteiger partial charge in [-0.3, -0.25) is 23.2 Å². The number of carbonyl (C=O) groups excluding carboxylic acids is 2. The summed E-state index contributed by atoms with van der Waals surface area (Å²) in [7, 11) is -10.9. The number of aliphatic hydroxyl groups excluding tert-OH is 3. The molecule has 1 aromatic heterocycles. The van der Waals surface area contributed by atoms with Gasteiger partial charge in [0.15, 0.2) is 12.3 Å². The van der Waals surface area contributed by atoms with Crippen molar-refractivity contribution < 1.29 is 71.4 Å². The molecule has 21 heteroatoms. The highest BCUT2D eigenvalue weighted by Gasteiger charge is 2.46. The number of unbranched alkanes of at least 4 members (excludes halogenated alkanes) is 18. The molecule has 2 heterocycles. The Morgan fingerprint density at radius 3 is 1.79 bits per heavy atom. The van der Waals surface area contributed by atoms with Crippen LogP contribution in [0.25, 0.3) is 0 Å². The minimum Gasteiger partial charge on any atom is -0.462 e. The molecule has 1 aliphatic rings. The van der Waals surface area contributed by atoms with Gasteiger partial charge in [0.05, 0.1) is 19.3 Å². The number of allylic oxidation sites excluding steroid dienone is 9. The zero-order valence-electron chi connectivity index (χ0n) is 47.0. The second-order valence-corrected chi connectivity index (χ2v) is 23.3. The van der Waals surface area contributed by atoms with Crippen LogP contribution in [0, 0.1) is 5.92 Å². The van der Waals surface area contributed by atoms with Crippen LogP contribution in [-0.4, -0.2) is 96.9 Å². The van der Waals surface area contributed by atoms with Crippen molar-refractivity contribution in [2.75, 3.05) is 25.6 Å². The van der Waals surface area contributed by atoms with Crippen molar-refractivity contribution in [3.63, 3.8) is 0 Å². The molecular formula is C57H97N3O16P2. The highest BCUT2D eigenvalue weighted by atomic mass is 31.3. The molecule has 1 fully saturated rings. The van der Waals surface area contributed by atoms with Crippen LogP contribution in [0.2, 0.25) is 0 Å². The standard InChI is InChI=1S/C57H97N3O16P2/c1-4-47(3)38-34-30-26-22-18-14-10-8-6-7-9-11-17-21-25-29-33-37-41-53(63)74-49(44-71-52(62)40-36-32-28-24-20-16-13-12-15-19-23-27-31-35-39-48(61)5-2)45-72-77(67,68)76-78(69,70)73-46-50-54(64)55(65)56(75-50)60-43-42-51(58)59-57(60)66/h13,15-16,19,24,27-28,31,35,39,42-43,47-50,54-56,61,64-65H,4-12,14,17-18,20-23,25-26,29-30,32-34,36-38,40-41,44-46H2,1-3H3,(H,67,68)(H,69,70)(H2,58,59,66)/b16-13-,19-15-,28-24-,31-27-,39-35+/t47?,48-,49+,50+,54+,55+,56+/m0/s1. The second-order valence-electron chi connectivity index (χ2n) is 20.2. The monoisotopic (exact) mass is 1140 g/mol. The number of phosphoric ester groups is 2. The van der Waals surface area contributed by atoms with E-state index in [1.54, 1.807) is 6.08 Å². The molecule has 3 unspecified atom stereocenters. The number of nitrogens with two attached hydrogens (primary N) is 1. The Balaban J connectivity index is 1.77. The number of carbonyl (C=O) groups is 2. The van der Waals surface area contributed by atoms with E-state index in [1.807, 2.05) is 43.4 Å². The molecule has 0 radical (unpaired) electrons. The first-order valence-electron chi connectivity index (χ1n) is 28.8. The van der Waals surface area contributed by atoms with E-state index >= 15 is 0 Å². The van der Waals surface area contributed by atoms with Gasteiger partial charge in [0.2, 0.25) is 0 Å². The maximum Gasteiger partial charge on any atom is 0.481 e. The second kappa shape index (κ2) is 43.2. The Morgan fingerprint density at radius 1 is 0.705 bits per heavy atom. The quantitative estimate of drug-likeness (QED) is 0.0116. The Morgan fingerprint density at radius 2 is 1.23 bits per heavy atom. The van der Waals surface area contributed by atoms with Gasteiger partial charge < -0.3 is 45.1 Å². The summed E-state index contributed by atoms with van der Waals surface area (Å²) in [6.45, 7) is 4.17. The van der Waals surface area contributed by atoms with Crippen molar-refractivity contribution in [3.8, 4) is 0 Å². The summed E-state index contributed by atoms with van der Waals surface area (Å²) in [5.74, 6) is -0.517. The summed E-state index contributed by atoms with van der Waals surface area (Å²) in [4.78, 5) is 62.1. The Kier molecular flexibility index (Phi) is 39.1. The number of ether oxygens (including phenoxy) is 3. The average molecular weight is 1140 g/mol. The minimum atomic E-state index is -5.45. The number of anilines is 1. The predicted octanol–water partition coefficient (Wildman–Crippen LogP) is 11.9. The summed E-state index contributed by atoms with van der Waals surface area (Å²) >= 11 is 0. The fraction of sp³-hybridized carbons (Fsp3) is 0.719. The lowest BCUT2D eigenvalue weighted by Gasteiger charge is -2.21. The van der Waals surface area contributed by atoms with Crippen LogP contribution in [-0.2, 0) is 46.3 Å². The van der Waals surface area contributed by atoms with Gasteiger partial charge in [-0.2, -0.15) is 9.29 Å². The van der Waals surface area contributed by atoms with Crippen molar-refractivity contribution in [1.82, 2.24) is 9.55 Å². The molecule has 0 aliphatic carbocycles. The summed E-state index contributed by atoms with van der Waals surface area (Å²) in [6.07, 6.45) is 41.0. The number of nitrogens with zero attached hydrogens (tertiary/aromatic N) is 2. The van der Waals surface area contributed by atoms with Gasteiger partial charge in [0, 0.05) is 19.0 Å². The number of rotatable bonds is 47. The number of hydrogen-bond donors (Lipinski definition) is 6. The maximum absolute atomic E-state index is 12.9. The van der Waals surface area contributed by atoms with Gasteiger partial charge in [0.25, 0.3) is 0 Å². The highest BCUT2D eigenvalue weighted by molar-refractivity contribution is 7.61. The first kappa shape index (κ1) is 70.5. The topological polar surface area (TPSA) is 286 Å². The molecule has 0 aromatic carbocycles. The fourth-order valence-electron chi connectivity index (χ4n) is 8.34. The van der Waals surface area contributed by atoms with E-state index in [1.165, 1.54) is 102 Å². The van der Waals surface area contributed by atoms with E-state index in [-0.39, 0.29) is 18.7 Å². The molecule has 9 atom stereocenters. The van der Waals surface area contributed by atoms with Gasteiger partial charge in [-0.05, 0) is 56.9 Å². The number of aliphatic hydroxyl groups is 3. The van der Waals surface area contributed by atoms with Gasteiger partial charge in [-0.1, -0.05) is 204 Å². The maximum atomic E-state index is 12.9. The lowest BCUT2D eigenvalue weighted by atomic mass is 9.99. The number of esters is 2. The van der Waals surface area contributed by atoms with E-state index in [0.717, 1.165) is 61.6 Å². The third-order valence-electron chi connectivity index (χ3n) is 13.3. The van der Waals surface area contributed by atoms with Gasteiger partial charge >= 0.3 is 33.3 Å². The zero-order valence-corrected chi connectivity index (χ0v) is 48.8. The summed E-state index contributed by atoms with van der Waals surface area (Å²) in [5.41, 5.74) is 4.59. The number of hydrogen-bond acceptors (Lipinski definition) is 16. The fourth-order valence-corrected chi connectivity index (χ4v) is 10.4. The van der Waals surface area contributed by atoms with Crippen LogP contribution in [0.4, 0.5) is 5.82 Å².